The number of carbonyl (C=O) groups is 7. The normalized spacial score (nSPS) is 18.5. The second kappa shape index (κ2) is 30.6. The molecular formula is C57H85Cl2N7O12S. The molecule has 2 aromatic carbocycles. The highest BCUT2D eigenvalue weighted by atomic mass is 35.5. The number of ether oxygens (including phenoxy) is 2. The molecule has 4 rings (SSSR count). The van der Waals surface area contributed by atoms with Gasteiger partial charge < -0.3 is 39.9 Å². The molecule has 79 heavy (non-hydrogen) atoms. The van der Waals surface area contributed by atoms with Gasteiger partial charge in [0.25, 0.3) is 15.9 Å². The standard InChI is InChI=1S/C57H85Cl2N7O12S/c1-13-37(6)50(44(77-11)34-46(68)65-30-20-23-43(65)51(78-12)38(7)53(69)60-42(57(73)74)33-40-21-16-14-17-22-40)64(10)56(72)48(35(2)3)61-54(70)49(36(4)5)62(8)32-29-39-25-27-41(28-26-39)63(9)45(67)24-18-15-19-31-66-55(71)47(58)52(59)79(66,75)76/h14,16-17,21-22,25-28,35-38,42-44,48-51H,13,15,18-20,23-24,29-34H2,1-12H3,(H,60,69)(H,61,70)(H,73,74)/t37-,38+,42-,43-,44+,48-,49-,50-,51+/m0/s1. The molecule has 9 atom stereocenters. The number of likely N-dealkylation sites (N-methyl/N-ethyl adjacent to an activating group) is 2. The van der Waals surface area contributed by atoms with Gasteiger partial charge in [-0.15, -0.1) is 0 Å². The number of halogens is 2. The lowest BCUT2D eigenvalue weighted by molar-refractivity contribution is -0.148. The fraction of sp³-hybridized carbons (Fsp3) is 0.632. The van der Waals surface area contributed by atoms with Gasteiger partial charge in [-0.3, -0.25) is 33.7 Å². The molecule has 440 valence electrons. The molecule has 1 fully saturated rings. The lowest BCUT2D eigenvalue weighted by Gasteiger charge is -2.41. The topological polar surface area (TPSA) is 233 Å². The zero-order valence-electron chi connectivity index (χ0n) is 48.1. The van der Waals surface area contributed by atoms with Crippen LogP contribution in [0.3, 0.4) is 0 Å². The molecule has 2 aromatic rings. The summed E-state index contributed by atoms with van der Waals surface area (Å²) in [6, 6.07) is 12.9. The molecule has 0 saturated carbocycles. The van der Waals surface area contributed by atoms with Crippen LogP contribution in [-0.4, -0.2) is 171 Å². The monoisotopic (exact) mass is 1160 g/mol. The molecule has 2 aliphatic heterocycles. The maximum atomic E-state index is 14.7. The van der Waals surface area contributed by atoms with E-state index in [0.717, 1.165) is 11.1 Å². The van der Waals surface area contributed by atoms with Gasteiger partial charge in [0.05, 0.1) is 42.7 Å². The summed E-state index contributed by atoms with van der Waals surface area (Å²) in [6.07, 6.45) is 2.59. The second-order valence-corrected chi connectivity index (χ2v) is 24.5. The van der Waals surface area contributed by atoms with Crippen LogP contribution >= 0.6 is 23.2 Å². The van der Waals surface area contributed by atoms with Gasteiger partial charge in [-0.25, -0.2) is 9.10 Å². The molecule has 6 amide bonds. The molecule has 0 spiro atoms. The fourth-order valence-electron chi connectivity index (χ4n) is 10.7. The summed E-state index contributed by atoms with van der Waals surface area (Å²) in [5, 5.41) is 15.3. The number of likely N-dealkylation sites (tertiary alicyclic amines) is 1. The molecule has 0 unspecified atom stereocenters. The number of unbranched alkanes of at least 4 members (excludes halogenated alkanes) is 2. The first-order valence-corrected chi connectivity index (χ1v) is 29.6. The van der Waals surface area contributed by atoms with Crippen LogP contribution in [0.25, 0.3) is 0 Å². The number of amides is 6. The molecule has 2 aliphatic rings. The first kappa shape index (κ1) is 66.4. The van der Waals surface area contributed by atoms with Gasteiger partial charge in [0.2, 0.25) is 29.5 Å². The number of sulfonamides is 1. The third kappa shape index (κ3) is 17.2. The number of rotatable bonds is 31. The number of nitrogens with zero attached hydrogens (tertiary/aromatic N) is 5. The van der Waals surface area contributed by atoms with E-state index in [2.05, 4.69) is 10.6 Å². The van der Waals surface area contributed by atoms with E-state index >= 15 is 0 Å². The van der Waals surface area contributed by atoms with Gasteiger partial charge in [-0.1, -0.05) is 127 Å². The van der Waals surface area contributed by atoms with Crippen LogP contribution in [0.4, 0.5) is 5.69 Å². The Bertz CT molecular complexity index is 2550. The van der Waals surface area contributed by atoms with Crippen LogP contribution in [-0.2, 0) is 65.9 Å². The van der Waals surface area contributed by atoms with E-state index in [0.29, 0.717) is 68.0 Å². The van der Waals surface area contributed by atoms with Crippen molar-refractivity contribution < 1.29 is 56.6 Å². The number of hydrogen-bond acceptors (Lipinski definition) is 12. The number of carboxylic acids is 1. The number of anilines is 1. The number of carboxylic acid groups (broad SMARTS) is 1. The lowest BCUT2D eigenvalue weighted by Crippen LogP contribution is -2.60. The summed E-state index contributed by atoms with van der Waals surface area (Å²) in [7, 11) is 4.13. The first-order chi connectivity index (χ1) is 37.2. The Morgan fingerprint density at radius 1 is 0.835 bits per heavy atom. The molecule has 0 radical (unpaired) electrons. The van der Waals surface area contributed by atoms with Gasteiger partial charge in [0.15, 0.2) is 4.36 Å². The van der Waals surface area contributed by atoms with Crippen molar-refractivity contribution in [3.8, 4) is 0 Å². The van der Waals surface area contributed by atoms with Crippen molar-refractivity contribution in [1.82, 2.24) is 29.6 Å². The van der Waals surface area contributed by atoms with Crippen molar-refractivity contribution in [2.75, 3.05) is 59.9 Å². The molecule has 22 heteroatoms. The van der Waals surface area contributed by atoms with Crippen molar-refractivity contribution >= 4 is 80.3 Å². The molecule has 2 heterocycles. The Morgan fingerprint density at radius 2 is 1.48 bits per heavy atom. The minimum atomic E-state index is -4.12. The third-order valence-corrected chi connectivity index (χ3v) is 18.5. The van der Waals surface area contributed by atoms with Crippen molar-refractivity contribution in [3.63, 3.8) is 0 Å². The van der Waals surface area contributed by atoms with Gasteiger partial charge in [-0.2, -0.15) is 8.42 Å². The number of nitrogens with one attached hydrogen (secondary N) is 2. The van der Waals surface area contributed by atoms with E-state index in [1.807, 2.05) is 83.8 Å². The van der Waals surface area contributed by atoms with Crippen molar-refractivity contribution in [2.45, 2.75) is 155 Å². The summed E-state index contributed by atoms with van der Waals surface area (Å²) in [5.41, 5.74) is 2.44. The van der Waals surface area contributed by atoms with Crippen molar-refractivity contribution in [1.29, 1.82) is 0 Å². The summed E-state index contributed by atoms with van der Waals surface area (Å²) in [4.78, 5) is 101. The number of aliphatic carboxylic acids is 1. The zero-order valence-corrected chi connectivity index (χ0v) is 50.4. The Labute approximate surface area is 478 Å². The van der Waals surface area contributed by atoms with Crippen LogP contribution in [0.1, 0.15) is 111 Å². The predicted octanol–water partition coefficient (Wildman–Crippen LogP) is 6.40. The number of carbonyl (C=O) groups excluding carboxylic acids is 6. The largest absolute Gasteiger partial charge is 0.480 e. The van der Waals surface area contributed by atoms with Crippen LogP contribution in [0, 0.1) is 23.7 Å². The lowest BCUT2D eigenvalue weighted by atomic mass is 9.89. The summed E-state index contributed by atoms with van der Waals surface area (Å²) < 4.78 is 36.6. The smallest absolute Gasteiger partial charge is 0.326 e. The number of benzene rings is 2. The highest BCUT2D eigenvalue weighted by molar-refractivity contribution is 7.95. The van der Waals surface area contributed by atoms with E-state index in [-0.39, 0.29) is 67.2 Å². The summed E-state index contributed by atoms with van der Waals surface area (Å²) in [6.45, 7) is 14.2. The van der Waals surface area contributed by atoms with Gasteiger partial charge >= 0.3 is 5.97 Å². The highest BCUT2D eigenvalue weighted by Gasteiger charge is 2.45. The zero-order chi connectivity index (χ0) is 59.1. The van der Waals surface area contributed by atoms with Gasteiger partial charge in [0.1, 0.15) is 17.1 Å². The maximum absolute atomic E-state index is 14.7. The van der Waals surface area contributed by atoms with E-state index in [1.54, 1.807) is 60.0 Å². The van der Waals surface area contributed by atoms with E-state index in [9.17, 15) is 47.1 Å². The molecule has 1 saturated heterocycles. The van der Waals surface area contributed by atoms with Crippen LogP contribution < -0.4 is 15.5 Å². The molecule has 0 bridgehead atoms. The third-order valence-electron chi connectivity index (χ3n) is 15.6. The Hall–Kier alpha value is -5.12. The van der Waals surface area contributed by atoms with Crippen molar-refractivity contribution in [2.24, 2.45) is 23.7 Å². The average molecular weight is 1160 g/mol. The molecular weight excluding hydrogens is 1080 g/mol. The van der Waals surface area contributed by atoms with Crippen LogP contribution in [0.5, 0.6) is 0 Å². The molecule has 19 nitrogen and oxygen atoms in total. The Kier molecular flexibility index (Phi) is 25.7. The SMILES string of the molecule is CC[C@H](C)[C@@H]([C@@H](CC(=O)N1CCC[C@H]1[C@H](OC)[C@@H](C)C(=O)N[C@@H](Cc1ccccc1)C(=O)O)OC)N(C)C(=O)[C@@H](NC(=O)[C@H](C(C)C)N(C)CCc1ccc(N(C)C(=O)CCCCCN2C(=O)C(Cl)=C(Cl)S2(=O)=O)cc1)C(C)C. The van der Waals surface area contributed by atoms with Crippen molar-refractivity contribution in [3.05, 3.63) is 75.1 Å². The molecule has 0 aliphatic carbocycles. The molecule has 0 aromatic heterocycles. The Morgan fingerprint density at radius 3 is 2.03 bits per heavy atom. The van der Waals surface area contributed by atoms with Crippen LogP contribution in [0.15, 0.2) is 64.0 Å². The van der Waals surface area contributed by atoms with Gasteiger partial charge in [-0.05, 0) is 80.2 Å². The van der Waals surface area contributed by atoms with E-state index in [1.165, 1.54) is 14.2 Å². The number of methoxy groups -OCH3 is 2. The maximum Gasteiger partial charge on any atom is 0.326 e. The predicted molar refractivity (Wildman–Crippen MR) is 305 cm³/mol. The first-order valence-electron chi connectivity index (χ1n) is 27.4. The second-order valence-electron chi connectivity index (χ2n) is 21.7. The van der Waals surface area contributed by atoms with Gasteiger partial charge in [0, 0.05) is 66.5 Å². The minimum absolute atomic E-state index is 0.0687. The number of hydrogen-bond donors (Lipinski definition) is 3. The Balaban J connectivity index is 1.36. The summed E-state index contributed by atoms with van der Waals surface area (Å²) in [5.74, 6) is -4.82. The van der Waals surface area contributed by atoms with E-state index in [4.69, 9.17) is 32.7 Å². The fourth-order valence-corrected chi connectivity index (χ4v) is 12.7. The quantitative estimate of drug-likeness (QED) is 0.0695. The minimum Gasteiger partial charge on any atom is -0.480 e. The summed E-state index contributed by atoms with van der Waals surface area (Å²) >= 11 is 11.5. The average Bonchev–Trinajstić information content (AvgIpc) is 3.98. The van der Waals surface area contributed by atoms with E-state index < -0.39 is 85.5 Å². The highest BCUT2D eigenvalue weighted by Crippen LogP contribution is 2.34. The molecule has 3 N–H and O–H groups in total. The van der Waals surface area contributed by atoms with Crippen LogP contribution in [0.2, 0.25) is 0 Å².